The molecule has 6 heteroatoms. The third kappa shape index (κ3) is 2.57. The van der Waals surface area contributed by atoms with Gasteiger partial charge in [0.05, 0.1) is 5.02 Å². The number of nitrogens with one attached hydrogen (secondary N) is 2. The van der Waals surface area contributed by atoms with Crippen LogP contribution in [-0.4, -0.2) is 40.9 Å². The molecule has 0 saturated carbocycles. The normalized spacial score (nSPS) is 19.7. The van der Waals surface area contributed by atoms with Gasteiger partial charge in [-0.05, 0) is 19.1 Å². The molecule has 1 aromatic carbocycles. The highest BCUT2D eigenvalue weighted by Gasteiger charge is 2.19. The van der Waals surface area contributed by atoms with Crippen molar-refractivity contribution < 1.29 is 0 Å². The van der Waals surface area contributed by atoms with Gasteiger partial charge in [0.25, 0.3) is 0 Å². The van der Waals surface area contributed by atoms with Gasteiger partial charge in [0, 0.05) is 31.2 Å². The predicted molar refractivity (Wildman–Crippen MR) is 76.5 cm³/mol. The molecule has 0 spiro atoms. The van der Waals surface area contributed by atoms with Crippen molar-refractivity contribution in [2.75, 3.05) is 24.5 Å². The number of benzene rings is 1. The molecule has 0 aliphatic carbocycles. The first-order chi connectivity index (χ1) is 9.24. The molecule has 0 radical (unpaired) electrons. The van der Waals surface area contributed by atoms with Gasteiger partial charge in [-0.2, -0.15) is 4.98 Å². The molecule has 1 atom stereocenters. The van der Waals surface area contributed by atoms with Gasteiger partial charge in [-0.3, -0.25) is 5.10 Å². The Kier molecular flexibility index (Phi) is 3.40. The van der Waals surface area contributed by atoms with E-state index in [0.717, 1.165) is 31.1 Å². The van der Waals surface area contributed by atoms with Crippen molar-refractivity contribution in [2.45, 2.75) is 13.0 Å². The molecule has 2 heterocycles. The summed E-state index contributed by atoms with van der Waals surface area (Å²) in [5.74, 6) is 1.45. The van der Waals surface area contributed by atoms with E-state index in [1.54, 1.807) is 0 Å². The van der Waals surface area contributed by atoms with E-state index in [4.69, 9.17) is 11.6 Å². The van der Waals surface area contributed by atoms with E-state index < -0.39 is 0 Å². The monoisotopic (exact) mass is 277 g/mol. The van der Waals surface area contributed by atoms with Crippen molar-refractivity contribution in [3.05, 3.63) is 29.3 Å². The fraction of sp³-hybridized carbons (Fsp3) is 0.385. The number of H-pyrrole nitrogens is 1. The Bertz CT molecular complexity index is 568. The van der Waals surface area contributed by atoms with Crippen LogP contribution >= 0.6 is 11.6 Å². The van der Waals surface area contributed by atoms with E-state index in [2.05, 4.69) is 32.3 Å². The third-order valence-electron chi connectivity index (χ3n) is 3.25. The summed E-state index contributed by atoms with van der Waals surface area (Å²) in [4.78, 5) is 6.73. The second-order valence-electron chi connectivity index (χ2n) is 4.77. The summed E-state index contributed by atoms with van der Waals surface area (Å²) in [6.07, 6.45) is 0. The lowest BCUT2D eigenvalue weighted by molar-refractivity contribution is 0.480. The van der Waals surface area contributed by atoms with Crippen molar-refractivity contribution in [2.24, 2.45) is 0 Å². The zero-order valence-electron chi connectivity index (χ0n) is 10.7. The molecular weight excluding hydrogens is 262 g/mol. The van der Waals surface area contributed by atoms with Crippen LogP contribution in [-0.2, 0) is 0 Å². The average Bonchev–Trinajstić information content (AvgIpc) is 2.89. The van der Waals surface area contributed by atoms with Gasteiger partial charge in [0.15, 0.2) is 5.82 Å². The molecule has 0 bridgehead atoms. The highest BCUT2D eigenvalue weighted by atomic mass is 35.5. The summed E-state index contributed by atoms with van der Waals surface area (Å²) in [6, 6.07) is 8.09. The summed E-state index contributed by atoms with van der Waals surface area (Å²) in [5, 5.41) is 11.3. The number of anilines is 1. The lowest BCUT2D eigenvalue weighted by Crippen LogP contribution is -2.49. The molecule has 5 nitrogen and oxygen atoms in total. The Labute approximate surface area is 117 Å². The van der Waals surface area contributed by atoms with E-state index in [0.29, 0.717) is 16.9 Å². The Hall–Kier alpha value is -1.59. The summed E-state index contributed by atoms with van der Waals surface area (Å²) in [6.45, 7) is 4.95. The Morgan fingerprint density at radius 3 is 3.00 bits per heavy atom. The topological polar surface area (TPSA) is 56.8 Å². The van der Waals surface area contributed by atoms with Crippen molar-refractivity contribution in [1.82, 2.24) is 20.5 Å². The molecular formula is C13H16ClN5. The number of piperazine rings is 1. The second kappa shape index (κ2) is 5.19. The zero-order chi connectivity index (χ0) is 13.2. The first-order valence-electron chi connectivity index (χ1n) is 6.39. The smallest absolute Gasteiger partial charge is 0.245 e. The lowest BCUT2D eigenvalue weighted by Gasteiger charge is -2.30. The quantitative estimate of drug-likeness (QED) is 0.881. The lowest BCUT2D eigenvalue weighted by atomic mass is 10.2. The molecule has 2 aromatic rings. The maximum Gasteiger partial charge on any atom is 0.245 e. The number of halogens is 1. The van der Waals surface area contributed by atoms with Crippen LogP contribution in [0.1, 0.15) is 6.92 Å². The van der Waals surface area contributed by atoms with E-state index in [1.807, 2.05) is 24.3 Å². The molecule has 1 aromatic heterocycles. The highest BCUT2D eigenvalue weighted by Crippen LogP contribution is 2.25. The molecule has 3 rings (SSSR count). The van der Waals surface area contributed by atoms with E-state index >= 15 is 0 Å². The third-order valence-corrected chi connectivity index (χ3v) is 3.58. The van der Waals surface area contributed by atoms with Gasteiger partial charge < -0.3 is 10.2 Å². The molecule has 1 aliphatic heterocycles. The van der Waals surface area contributed by atoms with Gasteiger partial charge in [0.1, 0.15) is 0 Å². The molecule has 1 fully saturated rings. The largest absolute Gasteiger partial charge is 0.337 e. The maximum atomic E-state index is 6.17. The number of aromatic nitrogens is 3. The van der Waals surface area contributed by atoms with E-state index in [1.165, 1.54) is 0 Å². The molecule has 0 amide bonds. The average molecular weight is 278 g/mol. The van der Waals surface area contributed by atoms with Crippen LogP contribution in [0.25, 0.3) is 11.4 Å². The van der Waals surface area contributed by atoms with Gasteiger partial charge in [-0.1, -0.05) is 23.7 Å². The maximum absolute atomic E-state index is 6.17. The van der Waals surface area contributed by atoms with Crippen LogP contribution in [0.15, 0.2) is 24.3 Å². The molecule has 2 N–H and O–H groups in total. The second-order valence-corrected chi connectivity index (χ2v) is 5.17. The minimum atomic E-state index is 0.455. The molecule has 100 valence electrons. The van der Waals surface area contributed by atoms with Crippen molar-refractivity contribution in [1.29, 1.82) is 0 Å². The standard InChI is InChI=1S/C13H16ClN5/c1-9-8-19(7-6-15-9)13-16-12(17-18-13)10-4-2-3-5-11(10)14/h2-5,9,15H,6-8H2,1H3,(H,16,17,18). The fourth-order valence-electron chi connectivity index (χ4n) is 2.28. The van der Waals surface area contributed by atoms with Crippen LogP contribution < -0.4 is 10.2 Å². The molecule has 19 heavy (non-hydrogen) atoms. The highest BCUT2D eigenvalue weighted by molar-refractivity contribution is 6.33. The molecule has 1 aliphatic rings. The molecule has 1 saturated heterocycles. The van der Waals surface area contributed by atoms with Crippen LogP contribution in [0.4, 0.5) is 5.95 Å². The van der Waals surface area contributed by atoms with Crippen molar-refractivity contribution >= 4 is 17.5 Å². The van der Waals surface area contributed by atoms with Gasteiger partial charge in [-0.25, -0.2) is 0 Å². The van der Waals surface area contributed by atoms with Crippen LogP contribution in [0.5, 0.6) is 0 Å². The van der Waals surface area contributed by atoms with E-state index in [9.17, 15) is 0 Å². The number of hydrogen-bond acceptors (Lipinski definition) is 4. The molecule has 1 unspecified atom stereocenters. The SMILES string of the molecule is CC1CN(c2n[nH]c(-c3ccccc3Cl)n2)CCN1. The van der Waals surface area contributed by atoms with Crippen LogP contribution in [0.3, 0.4) is 0 Å². The van der Waals surface area contributed by atoms with Crippen molar-refractivity contribution in [3.8, 4) is 11.4 Å². The first kappa shape index (κ1) is 12.4. The first-order valence-corrected chi connectivity index (χ1v) is 6.77. The summed E-state index contributed by atoms with van der Waals surface area (Å²) in [7, 11) is 0. The van der Waals surface area contributed by atoms with Gasteiger partial charge in [-0.15, -0.1) is 5.10 Å². The van der Waals surface area contributed by atoms with E-state index in [-0.39, 0.29) is 0 Å². The van der Waals surface area contributed by atoms with Gasteiger partial charge >= 0.3 is 0 Å². The number of hydrogen-bond donors (Lipinski definition) is 2. The Balaban J connectivity index is 1.85. The Morgan fingerprint density at radius 1 is 1.37 bits per heavy atom. The fourth-order valence-corrected chi connectivity index (χ4v) is 2.51. The number of aromatic amines is 1. The van der Waals surface area contributed by atoms with Gasteiger partial charge in [0.2, 0.25) is 5.95 Å². The number of nitrogens with zero attached hydrogens (tertiary/aromatic N) is 3. The number of rotatable bonds is 2. The van der Waals surface area contributed by atoms with Crippen LogP contribution in [0, 0.1) is 0 Å². The van der Waals surface area contributed by atoms with Crippen LogP contribution in [0.2, 0.25) is 5.02 Å². The minimum Gasteiger partial charge on any atom is -0.337 e. The summed E-state index contributed by atoms with van der Waals surface area (Å²) >= 11 is 6.17. The Morgan fingerprint density at radius 2 is 2.21 bits per heavy atom. The van der Waals surface area contributed by atoms with Crippen molar-refractivity contribution in [3.63, 3.8) is 0 Å². The minimum absolute atomic E-state index is 0.455. The summed E-state index contributed by atoms with van der Waals surface area (Å²) < 4.78 is 0. The zero-order valence-corrected chi connectivity index (χ0v) is 11.5. The summed E-state index contributed by atoms with van der Waals surface area (Å²) in [5.41, 5.74) is 0.881. The predicted octanol–water partition coefficient (Wildman–Crippen LogP) is 1.92.